The Hall–Kier alpha value is -1.35. The van der Waals surface area contributed by atoms with Gasteiger partial charge in [0, 0.05) is 14.0 Å². The van der Waals surface area contributed by atoms with E-state index in [1.807, 2.05) is 18.2 Å². The van der Waals surface area contributed by atoms with Gasteiger partial charge in [0.15, 0.2) is 0 Å². The topological polar surface area (TPSA) is 35.5 Å². The predicted octanol–water partition coefficient (Wildman–Crippen LogP) is 2.19. The summed E-state index contributed by atoms with van der Waals surface area (Å²) in [5, 5.41) is 0. The van der Waals surface area contributed by atoms with Crippen molar-refractivity contribution in [1.29, 1.82) is 0 Å². The molecule has 84 valence electrons. The van der Waals surface area contributed by atoms with Crippen molar-refractivity contribution in [2.45, 2.75) is 13.8 Å². The summed E-state index contributed by atoms with van der Waals surface area (Å²) >= 11 is 0. The molecule has 0 unspecified atom stereocenters. The average Bonchev–Trinajstić information content (AvgIpc) is 2.20. The quantitative estimate of drug-likeness (QED) is 0.566. The third-order valence-corrected chi connectivity index (χ3v) is 1.53. The molecule has 0 radical (unpaired) electrons. The largest absolute Gasteiger partial charge is 0.463 e. The van der Waals surface area contributed by atoms with Crippen LogP contribution in [0, 0.1) is 6.92 Å². The molecule has 0 atom stereocenters. The number of esters is 1. The molecule has 0 amide bonds. The minimum absolute atomic E-state index is 0.262. The number of methoxy groups -OCH3 is 1. The van der Waals surface area contributed by atoms with Crippen molar-refractivity contribution in [2.75, 3.05) is 20.3 Å². The molecular weight excluding hydrogens is 192 g/mol. The van der Waals surface area contributed by atoms with Gasteiger partial charge in [-0.25, -0.2) is 0 Å². The molecule has 15 heavy (non-hydrogen) atoms. The van der Waals surface area contributed by atoms with E-state index in [4.69, 9.17) is 0 Å². The molecule has 1 aromatic rings. The lowest BCUT2D eigenvalue weighted by atomic mass is 10.2. The lowest BCUT2D eigenvalue weighted by molar-refractivity contribution is -0.142. The van der Waals surface area contributed by atoms with Crippen molar-refractivity contribution in [3.05, 3.63) is 35.9 Å². The molecule has 0 bridgehead atoms. The van der Waals surface area contributed by atoms with E-state index in [1.165, 1.54) is 12.5 Å². The molecule has 3 heteroatoms. The molecule has 0 N–H and O–H groups in total. The maximum atomic E-state index is 10.0. The van der Waals surface area contributed by atoms with Crippen molar-refractivity contribution >= 4 is 5.97 Å². The fourth-order valence-corrected chi connectivity index (χ4v) is 0.803. The Balaban J connectivity index is 0.000000262. The van der Waals surface area contributed by atoms with Gasteiger partial charge in [0.25, 0.3) is 0 Å². The monoisotopic (exact) mass is 210 g/mol. The third-order valence-electron chi connectivity index (χ3n) is 1.53. The molecule has 1 rings (SSSR count). The second-order valence-corrected chi connectivity index (χ2v) is 2.99. The van der Waals surface area contributed by atoms with Gasteiger partial charge in [-0.05, 0) is 6.92 Å². The summed E-state index contributed by atoms with van der Waals surface area (Å²) in [6, 6.07) is 10.3. The van der Waals surface area contributed by atoms with E-state index in [2.05, 4.69) is 28.5 Å². The van der Waals surface area contributed by atoms with E-state index >= 15 is 0 Å². The molecule has 1 aromatic carbocycles. The molecule has 0 fully saturated rings. The number of hydrogen-bond donors (Lipinski definition) is 0. The van der Waals surface area contributed by atoms with Gasteiger partial charge in [-0.15, -0.1) is 0 Å². The van der Waals surface area contributed by atoms with Crippen LogP contribution in [0.4, 0.5) is 0 Å². The summed E-state index contributed by atoms with van der Waals surface area (Å²) < 4.78 is 9.13. The van der Waals surface area contributed by atoms with Gasteiger partial charge in [0.05, 0.1) is 6.61 Å². The summed E-state index contributed by atoms with van der Waals surface area (Å²) in [5.74, 6) is -0.262. The van der Waals surface area contributed by atoms with E-state index in [9.17, 15) is 4.79 Å². The molecule has 3 nitrogen and oxygen atoms in total. The summed E-state index contributed by atoms with van der Waals surface area (Å²) in [4.78, 5) is 10.0. The number of aryl methyl sites for hydroxylation is 1. The first-order valence-corrected chi connectivity index (χ1v) is 4.80. The third kappa shape index (κ3) is 10.6. The molecule has 0 saturated carbocycles. The standard InChI is InChI=1S/C7H8.C5H10O3/c1-7-5-3-2-4-6-7;1-5(6)8-4-3-7-2/h2-6H,1H3;3-4H2,1-2H3. The fourth-order valence-electron chi connectivity index (χ4n) is 0.803. The van der Waals surface area contributed by atoms with E-state index in [1.54, 1.807) is 7.11 Å². The van der Waals surface area contributed by atoms with Crippen LogP contribution in [0.25, 0.3) is 0 Å². The zero-order valence-corrected chi connectivity index (χ0v) is 9.53. The smallest absolute Gasteiger partial charge is 0.302 e. The highest BCUT2D eigenvalue weighted by Crippen LogP contribution is 1.92. The van der Waals surface area contributed by atoms with Gasteiger partial charge in [-0.1, -0.05) is 35.9 Å². The summed E-state index contributed by atoms with van der Waals surface area (Å²) in [6.07, 6.45) is 0. The number of rotatable bonds is 3. The van der Waals surface area contributed by atoms with Gasteiger partial charge in [-0.2, -0.15) is 0 Å². The predicted molar refractivity (Wildman–Crippen MR) is 59.7 cm³/mol. The van der Waals surface area contributed by atoms with Gasteiger partial charge in [0.1, 0.15) is 6.61 Å². The summed E-state index contributed by atoms with van der Waals surface area (Å²) in [5.41, 5.74) is 1.32. The molecule has 0 aromatic heterocycles. The van der Waals surface area contributed by atoms with E-state index < -0.39 is 0 Å². The van der Waals surface area contributed by atoms with E-state index in [0.717, 1.165) is 0 Å². The Kier molecular flexibility index (Phi) is 8.39. The van der Waals surface area contributed by atoms with Crippen molar-refractivity contribution in [3.8, 4) is 0 Å². The lowest BCUT2D eigenvalue weighted by Gasteiger charge is -1.97. The van der Waals surface area contributed by atoms with Gasteiger partial charge in [-0.3, -0.25) is 4.79 Å². The molecular formula is C12H18O3. The first kappa shape index (κ1) is 13.7. The first-order valence-electron chi connectivity index (χ1n) is 4.80. The molecule has 0 spiro atoms. The number of benzene rings is 1. The normalized spacial score (nSPS) is 8.73. The average molecular weight is 210 g/mol. The first-order chi connectivity index (χ1) is 7.16. The van der Waals surface area contributed by atoms with E-state index in [-0.39, 0.29) is 5.97 Å². The van der Waals surface area contributed by atoms with Gasteiger partial charge >= 0.3 is 5.97 Å². The minimum atomic E-state index is -0.262. The van der Waals surface area contributed by atoms with E-state index in [0.29, 0.717) is 13.2 Å². The lowest BCUT2D eigenvalue weighted by Crippen LogP contribution is -2.05. The fraction of sp³-hybridized carbons (Fsp3) is 0.417. The van der Waals surface area contributed by atoms with Crippen LogP contribution >= 0.6 is 0 Å². The molecule has 0 aliphatic rings. The molecule has 0 heterocycles. The van der Waals surface area contributed by atoms with Crippen molar-refractivity contribution in [3.63, 3.8) is 0 Å². The number of carbonyl (C=O) groups is 1. The second-order valence-electron chi connectivity index (χ2n) is 2.99. The van der Waals surface area contributed by atoms with Gasteiger partial charge < -0.3 is 9.47 Å². The number of carbonyl (C=O) groups excluding carboxylic acids is 1. The van der Waals surface area contributed by atoms with Crippen LogP contribution in [0.1, 0.15) is 12.5 Å². The Morgan fingerprint density at radius 3 is 2.13 bits per heavy atom. The summed E-state index contributed by atoms with van der Waals surface area (Å²) in [7, 11) is 1.56. The van der Waals surface area contributed by atoms with Gasteiger partial charge in [0.2, 0.25) is 0 Å². The van der Waals surface area contributed by atoms with Crippen molar-refractivity contribution in [2.24, 2.45) is 0 Å². The highest BCUT2D eigenvalue weighted by Gasteiger charge is 1.88. The number of ether oxygens (including phenoxy) is 2. The second kappa shape index (κ2) is 9.21. The molecule has 0 saturated heterocycles. The van der Waals surface area contributed by atoms with Crippen molar-refractivity contribution < 1.29 is 14.3 Å². The number of hydrogen-bond acceptors (Lipinski definition) is 3. The highest BCUT2D eigenvalue weighted by atomic mass is 16.6. The van der Waals surface area contributed by atoms with Crippen molar-refractivity contribution in [1.82, 2.24) is 0 Å². The van der Waals surface area contributed by atoms with Crippen LogP contribution in [0.3, 0.4) is 0 Å². The Bertz CT molecular complexity index is 257. The zero-order chi connectivity index (χ0) is 11.5. The Morgan fingerprint density at radius 1 is 1.20 bits per heavy atom. The summed E-state index contributed by atoms with van der Waals surface area (Å²) in [6.45, 7) is 4.28. The highest BCUT2D eigenvalue weighted by molar-refractivity contribution is 5.65. The maximum Gasteiger partial charge on any atom is 0.302 e. The van der Waals surface area contributed by atoms with Crippen LogP contribution in [0.5, 0.6) is 0 Å². The molecule has 0 aliphatic heterocycles. The molecule has 0 aliphatic carbocycles. The zero-order valence-electron chi connectivity index (χ0n) is 9.53. The van der Waals surface area contributed by atoms with Crippen LogP contribution in [-0.4, -0.2) is 26.3 Å². The SMILES string of the molecule is COCCOC(C)=O.Cc1ccccc1. The Morgan fingerprint density at radius 2 is 1.80 bits per heavy atom. The minimum Gasteiger partial charge on any atom is -0.463 e. The maximum absolute atomic E-state index is 10.0. The Labute approximate surface area is 91.0 Å². The van der Waals surface area contributed by atoms with Crippen LogP contribution < -0.4 is 0 Å². The van der Waals surface area contributed by atoms with Crippen LogP contribution in [-0.2, 0) is 14.3 Å². The van der Waals surface area contributed by atoms with Crippen LogP contribution in [0.15, 0.2) is 30.3 Å². The van der Waals surface area contributed by atoms with Crippen LogP contribution in [0.2, 0.25) is 0 Å².